The number of terminal acetylenes is 1. The maximum Gasteiger partial charge on any atom is 0.237 e. The highest BCUT2D eigenvalue weighted by molar-refractivity contribution is 5.81. The Morgan fingerprint density at radius 2 is 2.13 bits per heavy atom. The van der Waals surface area contributed by atoms with Crippen LogP contribution >= 0.6 is 0 Å². The molecule has 0 aromatic rings. The fourth-order valence-electron chi connectivity index (χ4n) is 0.984. The van der Waals surface area contributed by atoms with E-state index >= 15 is 0 Å². The number of carbonyl (C=O) groups is 1. The molecule has 0 rings (SSSR count). The van der Waals surface area contributed by atoms with Crippen molar-refractivity contribution in [1.82, 2.24) is 10.6 Å². The number of hydrogen-bond donors (Lipinski definition) is 2. The summed E-state index contributed by atoms with van der Waals surface area (Å²) in [6.45, 7) is 8.60. The molecule has 1 atom stereocenters. The first-order valence-electron chi connectivity index (χ1n) is 5.42. The van der Waals surface area contributed by atoms with Crippen molar-refractivity contribution in [3.8, 4) is 12.3 Å². The summed E-state index contributed by atoms with van der Waals surface area (Å²) < 4.78 is 0. The monoisotopic (exact) mass is 210 g/mol. The maximum atomic E-state index is 11.7. The molecule has 1 unspecified atom stereocenters. The van der Waals surface area contributed by atoms with E-state index < -0.39 is 0 Å². The van der Waals surface area contributed by atoms with Gasteiger partial charge in [0, 0.05) is 18.5 Å². The van der Waals surface area contributed by atoms with E-state index in [2.05, 4.69) is 23.5 Å². The van der Waals surface area contributed by atoms with E-state index in [9.17, 15) is 4.79 Å². The summed E-state index contributed by atoms with van der Waals surface area (Å²) in [5.41, 5.74) is -0.140. The Bertz CT molecular complexity index is 240. The van der Waals surface area contributed by atoms with Crippen molar-refractivity contribution >= 4 is 5.91 Å². The summed E-state index contributed by atoms with van der Waals surface area (Å²) in [5, 5.41) is 6.05. The summed E-state index contributed by atoms with van der Waals surface area (Å²) in [7, 11) is 0. The van der Waals surface area contributed by atoms with Crippen LogP contribution in [0.4, 0.5) is 0 Å². The molecule has 0 aliphatic heterocycles. The average molecular weight is 210 g/mol. The molecule has 0 radical (unpaired) electrons. The zero-order valence-corrected chi connectivity index (χ0v) is 10.2. The molecule has 0 saturated carbocycles. The quantitative estimate of drug-likeness (QED) is 0.512. The topological polar surface area (TPSA) is 41.1 Å². The Labute approximate surface area is 93.0 Å². The van der Waals surface area contributed by atoms with Crippen LogP contribution in [0.25, 0.3) is 0 Å². The largest absolute Gasteiger partial charge is 0.350 e. The Hall–Kier alpha value is -1.01. The molecular formula is C12H22N2O. The van der Waals surface area contributed by atoms with Gasteiger partial charge in [-0.3, -0.25) is 4.79 Å². The van der Waals surface area contributed by atoms with Gasteiger partial charge >= 0.3 is 0 Å². The second-order valence-corrected chi connectivity index (χ2v) is 4.36. The van der Waals surface area contributed by atoms with Gasteiger partial charge < -0.3 is 10.6 Å². The molecule has 15 heavy (non-hydrogen) atoms. The van der Waals surface area contributed by atoms with Gasteiger partial charge in [-0.05, 0) is 27.2 Å². The first kappa shape index (κ1) is 14.0. The standard InChI is InChI=1S/C12H22N2O/c1-6-8-9-13-10(3)11(15)14-12(4,5)7-2/h1,10,13H,7-9H2,2-5H3,(H,14,15). The van der Waals surface area contributed by atoms with Crippen LogP contribution in [0.2, 0.25) is 0 Å². The summed E-state index contributed by atoms with van der Waals surface area (Å²) >= 11 is 0. The third-order valence-corrected chi connectivity index (χ3v) is 2.46. The second-order valence-electron chi connectivity index (χ2n) is 4.36. The predicted octanol–water partition coefficient (Wildman–Crippen LogP) is 1.29. The van der Waals surface area contributed by atoms with Crippen LogP contribution in [0, 0.1) is 12.3 Å². The maximum absolute atomic E-state index is 11.7. The SMILES string of the molecule is C#CCCNC(C)C(=O)NC(C)(C)CC. The normalized spacial score (nSPS) is 13.0. The summed E-state index contributed by atoms with van der Waals surface area (Å²) in [6.07, 6.45) is 6.68. The summed E-state index contributed by atoms with van der Waals surface area (Å²) in [5.74, 6) is 2.55. The molecule has 0 aliphatic carbocycles. The zero-order valence-electron chi connectivity index (χ0n) is 10.2. The van der Waals surface area contributed by atoms with Gasteiger partial charge in [0.05, 0.1) is 6.04 Å². The highest BCUT2D eigenvalue weighted by Gasteiger charge is 2.20. The Morgan fingerprint density at radius 1 is 1.53 bits per heavy atom. The van der Waals surface area contributed by atoms with E-state index in [1.807, 2.05) is 20.8 Å². The van der Waals surface area contributed by atoms with Gasteiger partial charge in [0.25, 0.3) is 0 Å². The van der Waals surface area contributed by atoms with Crippen molar-refractivity contribution in [1.29, 1.82) is 0 Å². The van der Waals surface area contributed by atoms with Crippen molar-refractivity contribution < 1.29 is 4.79 Å². The molecule has 3 nitrogen and oxygen atoms in total. The highest BCUT2D eigenvalue weighted by Crippen LogP contribution is 2.06. The first-order valence-corrected chi connectivity index (χ1v) is 5.42. The van der Waals surface area contributed by atoms with Gasteiger partial charge in [-0.1, -0.05) is 6.92 Å². The van der Waals surface area contributed by atoms with Crippen molar-refractivity contribution in [3.63, 3.8) is 0 Å². The molecule has 3 heteroatoms. The van der Waals surface area contributed by atoms with E-state index in [1.54, 1.807) is 0 Å². The van der Waals surface area contributed by atoms with Crippen LogP contribution in [-0.2, 0) is 4.79 Å². The van der Waals surface area contributed by atoms with Gasteiger partial charge in [-0.15, -0.1) is 12.3 Å². The first-order chi connectivity index (χ1) is 6.93. The molecule has 0 bridgehead atoms. The number of carbonyl (C=O) groups excluding carboxylic acids is 1. The van der Waals surface area contributed by atoms with E-state index in [1.165, 1.54) is 0 Å². The molecule has 0 aromatic carbocycles. The smallest absolute Gasteiger partial charge is 0.237 e. The van der Waals surface area contributed by atoms with Crippen molar-refractivity contribution in [2.45, 2.75) is 52.1 Å². The summed E-state index contributed by atoms with van der Waals surface area (Å²) in [6, 6.07) is -0.191. The lowest BCUT2D eigenvalue weighted by Gasteiger charge is -2.26. The lowest BCUT2D eigenvalue weighted by atomic mass is 10.0. The van der Waals surface area contributed by atoms with Gasteiger partial charge in [0.2, 0.25) is 5.91 Å². The lowest BCUT2D eigenvalue weighted by Crippen LogP contribution is -2.50. The van der Waals surface area contributed by atoms with Crippen LogP contribution in [0.1, 0.15) is 40.5 Å². The van der Waals surface area contributed by atoms with Crippen molar-refractivity contribution in [3.05, 3.63) is 0 Å². The van der Waals surface area contributed by atoms with E-state index in [0.717, 1.165) is 6.42 Å². The Kier molecular flexibility index (Phi) is 6.03. The minimum Gasteiger partial charge on any atom is -0.350 e. The molecule has 0 aliphatic rings. The molecular weight excluding hydrogens is 188 g/mol. The zero-order chi connectivity index (χ0) is 11.9. The average Bonchev–Trinajstić information content (AvgIpc) is 2.17. The van der Waals surface area contributed by atoms with Gasteiger partial charge in [0.1, 0.15) is 0 Å². The van der Waals surface area contributed by atoms with Gasteiger partial charge in [-0.25, -0.2) is 0 Å². The van der Waals surface area contributed by atoms with Crippen molar-refractivity contribution in [2.24, 2.45) is 0 Å². The number of rotatable bonds is 6. The third kappa shape index (κ3) is 6.14. The van der Waals surface area contributed by atoms with Gasteiger partial charge in [0.15, 0.2) is 0 Å². The molecule has 0 aromatic heterocycles. The number of amides is 1. The van der Waals surface area contributed by atoms with Crippen LogP contribution in [-0.4, -0.2) is 24.0 Å². The van der Waals surface area contributed by atoms with E-state index in [-0.39, 0.29) is 17.5 Å². The molecule has 2 N–H and O–H groups in total. The Morgan fingerprint density at radius 3 is 2.60 bits per heavy atom. The van der Waals surface area contributed by atoms with Gasteiger partial charge in [-0.2, -0.15) is 0 Å². The number of nitrogens with one attached hydrogen (secondary N) is 2. The minimum absolute atomic E-state index is 0.0267. The van der Waals surface area contributed by atoms with E-state index in [4.69, 9.17) is 6.42 Å². The lowest BCUT2D eigenvalue weighted by molar-refractivity contribution is -0.124. The number of hydrogen-bond acceptors (Lipinski definition) is 2. The second kappa shape index (κ2) is 6.47. The third-order valence-electron chi connectivity index (χ3n) is 2.46. The van der Waals surface area contributed by atoms with Crippen LogP contribution in [0.15, 0.2) is 0 Å². The minimum atomic E-state index is -0.191. The van der Waals surface area contributed by atoms with Crippen LogP contribution in [0.5, 0.6) is 0 Å². The van der Waals surface area contributed by atoms with E-state index in [0.29, 0.717) is 13.0 Å². The highest BCUT2D eigenvalue weighted by atomic mass is 16.2. The molecule has 0 fully saturated rings. The van der Waals surface area contributed by atoms with Crippen molar-refractivity contribution in [2.75, 3.05) is 6.54 Å². The molecule has 0 saturated heterocycles. The molecule has 0 heterocycles. The van der Waals surface area contributed by atoms with Crippen LogP contribution in [0.3, 0.4) is 0 Å². The Balaban J connectivity index is 3.95. The fourth-order valence-corrected chi connectivity index (χ4v) is 0.984. The summed E-state index contributed by atoms with van der Waals surface area (Å²) in [4.78, 5) is 11.7. The molecule has 1 amide bonds. The van der Waals surface area contributed by atoms with Crippen LogP contribution < -0.4 is 10.6 Å². The molecule has 86 valence electrons. The fraction of sp³-hybridized carbons (Fsp3) is 0.750. The molecule has 0 spiro atoms. The predicted molar refractivity (Wildman–Crippen MR) is 63.4 cm³/mol.